The van der Waals surface area contributed by atoms with Gasteiger partial charge in [0, 0.05) is 41.2 Å². The highest BCUT2D eigenvalue weighted by molar-refractivity contribution is 6.09. The van der Waals surface area contributed by atoms with Gasteiger partial charge in [0.15, 0.2) is 0 Å². The molecule has 4 amide bonds. The van der Waals surface area contributed by atoms with Gasteiger partial charge in [-0.15, -0.1) is 0 Å². The molecule has 0 bridgehead atoms. The third kappa shape index (κ3) is 3.59. The predicted octanol–water partition coefficient (Wildman–Crippen LogP) is 2.75. The average Bonchev–Trinajstić information content (AvgIpc) is 3.35. The summed E-state index contributed by atoms with van der Waals surface area (Å²) in [4.78, 5) is 54.4. The van der Waals surface area contributed by atoms with Gasteiger partial charge in [-0.1, -0.05) is 6.92 Å². The van der Waals surface area contributed by atoms with E-state index in [4.69, 9.17) is 4.74 Å². The van der Waals surface area contributed by atoms with E-state index in [9.17, 15) is 19.2 Å². The van der Waals surface area contributed by atoms with E-state index in [2.05, 4.69) is 15.6 Å². The van der Waals surface area contributed by atoms with Crippen molar-refractivity contribution in [2.45, 2.75) is 38.8 Å². The molecule has 2 aliphatic rings. The maximum atomic E-state index is 13.1. The smallest absolute Gasteiger partial charge is 0.272 e. The largest absolute Gasteiger partial charge is 0.497 e. The van der Waals surface area contributed by atoms with E-state index in [-0.39, 0.29) is 30.7 Å². The minimum absolute atomic E-state index is 0.202. The number of carbonyl (C=O) groups is 4. The van der Waals surface area contributed by atoms with Crippen LogP contribution in [0, 0.1) is 0 Å². The number of hydrogen-bond acceptors (Lipinski definition) is 5. The van der Waals surface area contributed by atoms with Crippen molar-refractivity contribution in [3.63, 3.8) is 0 Å². The molecule has 1 aromatic heterocycles. The number of carbonyl (C=O) groups excluding carboxylic acids is 4. The van der Waals surface area contributed by atoms with E-state index >= 15 is 0 Å². The van der Waals surface area contributed by atoms with Crippen LogP contribution < -0.4 is 15.4 Å². The maximum absolute atomic E-state index is 13.1. The number of hydrogen-bond donors (Lipinski definition) is 3. The Kier molecular flexibility index (Phi) is 5.31. The van der Waals surface area contributed by atoms with Gasteiger partial charge < -0.3 is 19.9 Å². The molecule has 0 aliphatic carbocycles. The molecule has 34 heavy (non-hydrogen) atoms. The van der Waals surface area contributed by atoms with E-state index in [1.54, 1.807) is 25.3 Å². The number of benzene rings is 2. The Bertz CT molecular complexity index is 1360. The van der Waals surface area contributed by atoms with Crippen LogP contribution in [0.4, 0.5) is 5.69 Å². The van der Waals surface area contributed by atoms with Crippen LogP contribution in [-0.2, 0) is 22.6 Å². The van der Waals surface area contributed by atoms with Crippen LogP contribution in [0.25, 0.3) is 10.9 Å². The monoisotopic (exact) mass is 460 g/mol. The highest BCUT2D eigenvalue weighted by atomic mass is 16.5. The summed E-state index contributed by atoms with van der Waals surface area (Å²) in [6, 6.07) is 10.1. The van der Waals surface area contributed by atoms with Crippen molar-refractivity contribution in [3.05, 3.63) is 58.8 Å². The number of imide groups is 1. The fraction of sp³-hybridized carbons (Fsp3) is 0.280. The van der Waals surface area contributed by atoms with Crippen molar-refractivity contribution < 1.29 is 23.9 Å². The van der Waals surface area contributed by atoms with E-state index in [0.717, 1.165) is 22.0 Å². The molecular formula is C25H24N4O5. The van der Waals surface area contributed by atoms with Crippen LogP contribution >= 0.6 is 0 Å². The predicted molar refractivity (Wildman–Crippen MR) is 125 cm³/mol. The third-order valence-electron chi connectivity index (χ3n) is 6.48. The van der Waals surface area contributed by atoms with Gasteiger partial charge in [-0.3, -0.25) is 24.5 Å². The van der Waals surface area contributed by atoms with Crippen LogP contribution in [0.3, 0.4) is 0 Å². The summed E-state index contributed by atoms with van der Waals surface area (Å²) in [6.07, 6.45) is 1.18. The molecule has 1 fully saturated rings. The Labute approximate surface area is 195 Å². The molecule has 0 radical (unpaired) electrons. The number of fused-ring (bicyclic) bond motifs is 2. The summed E-state index contributed by atoms with van der Waals surface area (Å²) < 4.78 is 5.28. The Morgan fingerprint density at radius 3 is 2.74 bits per heavy atom. The number of piperidine rings is 1. The molecule has 0 saturated carbocycles. The number of amides is 4. The van der Waals surface area contributed by atoms with Crippen molar-refractivity contribution in [1.29, 1.82) is 0 Å². The number of anilines is 1. The zero-order valence-electron chi connectivity index (χ0n) is 18.9. The molecule has 174 valence electrons. The number of aromatic nitrogens is 1. The molecule has 9 heteroatoms. The number of rotatable bonds is 5. The number of H-pyrrole nitrogens is 1. The zero-order chi connectivity index (χ0) is 24.0. The minimum Gasteiger partial charge on any atom is -0.497 e. The van der Waals surface area contributed by atoms with Gasteiger partial charge in [0.1, 0.15) is 17.5 Å². The van der Waals surface area contributed by atoms with Crippen molar-refractivity contribution in [1.82, 2.24) is 15.2 Å². The van der Waals surface area contributed by atoms with Gasteiger partial charge in [-0.25, -0.2) is 0 Å². The van der Waals surface area contributed by atoms with Gasteiger partial charge in [-0.05, 0) is 54.3 Å². The number of nitrogens with one attached hydrogen (secondary N) is 3. The molecule has 3 N–H and O–H groups in total. The summed E-state index contributed by atoms with van der Waals surface area (Å²) in [7, 11) is 1.60. The first-order valence-corrected chi connectivity index (χ1v) is 11.2. The normalized spacial score (nSPS) is 17.6. The molecule has 3 heterocycles. The van der Waals surface area contributed by atoms with E-state index < -0.39 is 11.9 Å². The van der Waals surface area contributed by atoms with Crippen LogP contribution in [0.5, 0.6) is 5.75 Å². The summed E-state index contributed by atoms with van der Waals surface area (Å²) in [5.41, 5.74) is 3.99. The maximum Gasteiger partial charge on any atom is 0.272 e. The molecule has 1 saturated heterocycles. The molecule has 1 atom stereocenters. The summed E-state index contributed by atoms with van der Waals surface area (Å²) >= 11 is 0. The lowest BCUT2D eigenvalue weighted by atomic mass is 10.0. The van der Waals surface area contributed by atoms with Crippen LogP contribution in [0.15, 0.2) is 36.4 Å². The van der Waals surface area contributed by atoms with Gasteiger partial charge in [0.05, 0.1) is 7.11 Å². The van der Waals surface area contributed by atoms with Crippen molar-refractivity contribution in [2.75, 3.05) is 12.4 Å². The second-order valence-corrected chi connectivity index (χ2v) is 8.47. The lowest BCUT2D eigenvalue weighted by molar-refractivity contribution is -0.136. The number of ether oxygens (including phenoxy) is 1. The molecular weight excluding hydrogens is 436 g/mol. The first kappa shape index (κ1) is 21.7. The van der Waals surface area contributed by atoms with Gasteiger partial charge in [0.25, 0.3) is 11.8 Å². The molecule has 1 unspecified atom stereocenters. The Balaban J connectivity index is 1.38. The Hall–Kier alpha value is -4.14. The molecule has 9 nitrogen and oxygen atoms in total. The van der Waals surface area contributed by atoms with Crippen LogP contribution in [0.2, 0.25) is 0 Å². The Morgan fingerprint density at radius 1 is 1.18 bits per heavy atom. The zero-order valence-corrected chi connectivity index (χ0v) is 18.9. The van der Waals surface area contributed by atoms with Gasteiger partial charge >= 0.3 is 0 Å². The standard InChI is InChI=1S/C25H24N4O5/c1-3-16-18-7-5-15(34-2)11-19(18)27-22(16)24(32)26-14-4-6-17-13(10-14)12-29(25(17)33)20-8-9-21(30)28-23(20)31/h4-7,10-11,20,27H,3,8-9,12H2,1-2H3,(H,26,32)(H,28,30,31). The fourth-order valence-electron chi connectivity index (χ4n) is 4.77. The number of aromatic amines is 1. The highest BCUT2D eigenvalue weighted by Crippen LogP contribution is 2.31. The molecule has 5 rings (SSSR count). The highest BCUT2D eigenvalue weighted by Gasteiger charge is 2.39. The lowest BCUT2D eigenvalue weighted by Crippen LogP contribution is -2.52. The lowest BCUT2D eigenvalue weighted by Gasteiger charge is -2.29. The SMILES string of the molecule is CCc1c(C(=O)Nc2ccc3c(c2)CN(C2CCC(=O)NC2=O)C3=O)[nH]c2cc(OC)ccc12. The van der Waals surface area contributed by atoms with Crippen molar-refractivity contribution in [3.8, 4) is 5.75 Å². The third-order valence-corrected chi connectivity index (χ3v) is 6.48. The quantitative estimate of drug-likeness (QED) is 0.506. The van der Waals surface area contributed by atoms with Gasteiger partial charge in [-0.2, -0.15) is 0 Å². The van der Waals surface area contributed by atoms with Crippen LogP contribution in [0.1, 0.15) is 51.7 Å². The fourth-order valence-corrected chi connectivity index (χ4v) is 4.77. The molecule has 0 spiro atoms. The number of methoxy groups -OCH3 is 1. The molecule has 2 aromatic carbocycles. The number of aryl methyl sites for hydroxylation is 1. The average molecular weight is 460 g/mol. The second-order valence-electron chi connectivity index (χ2n) is 8.47. The summed E-state index contributed by atoms with van der Waals surface area (Å²) in [5.74, 6) is -0.600. The summed E-state index contributed by atoms with van der Waals surface area (Å²) in [5, 5.41) is 6.18. The minimum atomic E-state index is -0.675. The Morgan fingerprint density at radius 2 is 2.00 bits per heavy atom. The van der Waals surface area contributed by atoms with Crippen LogP contribution in [-0.4, -0.2) is 46.7 Å². The molecule has 2 aliphatic heterocycles. The van der Waals surface area contributed by atoms with Crippen molar-refractivity contribution in [2.24, 2.45) is 0 Å². The van der Waals surface area contributed by atoms with E-state index in [1.165, 1.54) is 4.90 Å². The topological polar surface area (TPSA) is 121 Å². The first-order valence-electron chi connectivity index (χ1n) is 11.2. The molecule has 3 aromatic rings. The summed E-state index contributed by atoms with van der Waals surface area (Å²) in [6.45, 7) is 2.24. The number of nitrogens with zero attached hydrogens (tertiary/aromatic N) is 1. The first-order chi connectivity index (χ1) is 16.4. The van der Waals surface area contributed by atoms with E-state index in [1.807, 2.05) is 25.1 Å². The van der Waals surface area contributed by atoms with Crippen molar-refractivity contribution >= 4 is 40.2 Å². The second kappa shape index (κ2) is 8.33. The van der Waals surface area contributed by atoms with Gasteiger partial charge in [0.2, 0.25) is 11.8 Å². The van der Waals surface area contributed by atoms with E-state index in [0.29, 0.717) is 35.5 Å².